The van der Waals surface area contributed by atoms with Gasteiger partial charge < -0.3 is 10.4 Å². The molecule has 1 rings (SSSR count). The largest absolute Gasteiger partial charge is 0.478 e. The van der Waals surface area contributed by atoms with Crippen molar-refractivity contribution in [3.8, 4) is 0 Å². The van der Waals surface area contributed by atoms with Gasteiger partial charge in [-0.15, -0.1) is 0 Å². The summed E-state index contributed by atoms with van der Waals surface area (Å²) in [6.45, 7) is 1.35. The fraction of sp³-hybridized carbons (Fsp3) is 0.545. The standard InChI is InChI=1S/C11H17N3O2S/c1-17-5-3-2-4-12-7-10-9(11(15)16)6-13-8-14-10/h6,8,12H,2-5,7H2,1H3,(H,15,16). The number of aromatic nitrogens is 2. The van der Waals surface area contributed by atoms with Crippen molar-refractivity contribution < 1.29 is 9.90 Å². The first-order valence-electron chi connectivity index (χ1n) is 5.47. The number of hydrogen-bond donors (Lipinski definition) is 2. The molecule has 0 spiro atoms. The zero-order valence-electron chi connectivity index (χ0n) is 9.85. The summed E-state index contributed by atoms with van der Waals surface area (Å²) >= 11 is 1.84. The molecular weight excluding hydrogens is 238 g/mol. The third-order valence-corrected chi connectivity index (χ3v) is 2.97. The Balaban J connectivity index is 2.34. The van der Waals surface area contributed by atoms with Crippen LogP contribution >= 0.6 is 11.8 Å². The molecule has 0 aromatic carbocycles. The first kappa shape index (κ1) is 13.9. The van der Waals surface area contributed by atoms with E-state index in [0.29, 0.717) is 12.2 Å². The lowest BCUT2D eigenvalue weighted by Crippen LogP contribution is -2.18. The van der Waals surface area contributed by atoms with Gasteiger partial charge in [-0.3, -0.25) is 0 Å². The van der Waals surface area contributed by atoms with Crippen LogP contribution in [0.5, 0.6) is 0 Å². The maximum Gasteiger partial charge on any atom is 0.339 e. The molecule has 1 aromatic rings. The Labute approximate surface area is 105 Å². The summed E-state index contributed by atoms with van der Waals surface area (Å²) in [6.07, 6.45) is 7.06. The van der Waals surface area contributed by atoms with Gasteiger partial charge in [-0.2, -0.15) is 11.8 Å². The normalized spacial score (nSPS) is 10.4. The number of nitrogens with zero attached hydrogens (tertiary/aromatic N) is 2. The van der Waals surface area contributed by atoms with Gasteiger partial charge in [-0.05, 0) is 31.4 Å². The molecule has 5 nitrogen and oxygen atoms in total. The minimum Gasteiger partial charge on any atom is -0.478 e. The van der Waals surface area contributed by atoms with Gasteiger partial charge in [0.15, 0.2) is 0 Å². The SMILES string of the molecule is CSCCCCNCc1ncncc1C(=O)O. The number of aromatic carboxylic acids is 1. The third kappa shape index (κ3) is 5.14. The number of thioether (sulfide) groups is 1. The molecule has 94 valence electrons. The molecular formula is C11H17N3O2S. The number of rotatable bonds is 8. The lowest BCUT2D eigenvalue weighted by Gasteiger charge is -2.06. The number of carboxylic acid groups (broad SMARTS) is 1. The number of carbonyl (C=O) groups is 1. The quantitative estimate of drug-likeness (QED) is 0.684. The van der Waals surface area contributed by atoms with Gasteiger partial charge in [-0.25, -0.2) is 14.8 Å². The monoisotopic (exact) mass is 255 g/mol. The maximum atomic E-state index is 10.9. The Morgan fingerprint density at radius 1 is 1.53 bits per heavy atom. The summed E-state index contributed by atoms with van der Waals surface area (Å²) in [7, 11) is 0. The Kier molecular flexibility index (Phi) is 6.57. The lowest BCUT2D eigenvalue weighted by molar-refractivity contribution is 0.0694. The van der Waals surface area contributed by atoms with E-state index < -0.39 is 5.97 Å². The van der Waals surface area contributed by atoms with Crippen LogP contribution in [0.3, 0.4) is 0 Å². The van der Waals surface area contributed by atoms with Crippen LogP contribution in [-0.2, 0) is 6.54 Å². The van der Waals surface area contributed by atoms with Crippen LogP contribution in [0, 0.1) is 0 Å². The Hall–Kier alpha value is -1.14. The molecule has 0 fully saturated rings. The van der Waals surface area contributed by atoms with Crippen LogP contribution < -0.4 is 5.32 Å². The Morgan fingerprint density at radius 2 is 2.35 bits per heavy atom. The molecule has 0 saturated carbocycles. The van der Waals surface area contributed by atoms with Crippen molar-refractivity contribution in [1.29, 1.82) is 0 Å². The zero-order chi connectivity index (χ0) is 12.5. The summed E-state index contributed by atoms with van der Waals surface area (Å²) in [5, 5.41) is 12.1. The average Bonchev–Trinajstić information content (AvgIpc) is 2.34. The van der Waals surface area contributed by atoms with E-state index in [4.69, 9.17) is 5.11 Å². The number of nitrogens with one attached hydrogen (secondary N) is 1. The van der Waals surface area contributed by atoms with E-state index in [1.165, 1.54) is 18.9 Å². The van der Waals surface area contributed by atoms with Crippen molar-refractivity contribution >= 4 is 17.7 Å². The predicted molar refractivity (Wildman–Crippen MR) is 68.3 cm³/mol. The maximum absolute atomic E-state index is 10.9. The van der Waals surface area contributed by atoms with E-state index >= 15 is 0 Å². The van der Waals surface area contributed by atoms with Gasteiger partial charge in [0.05, 0.1) is 5.69 Å². The van der Waals surface area contributed by atoms with Gasteiger partial charge in [-0.1, -0.05) is 0 Å². The number of unbranched alkanes of at least 4 members (excludes halogenated alkanes) is 1. The highest BCUT2D eigenvalue weighted by atomic mass is 32.2. The molecule has 2 N–H and O–H groups in total. The van der Waals surface area contributed by atoms with Crippen LogP contribution in [0.15, 0.2) is 12.5 Å². The third-order valence-electron chi connectivity index (χ3n) is 2.27. The second-order valence-electron chi connectivity index (χ2n) is 3.56. The summed E-state index contributed by atoms with van der Waals surface area (Å²) in [5.74, 6) is 0.181. The van der Waals surface area contributed by atoms with Crippen LogP contribution in [0.25, 0.3) is 0 Å². The van der Waals surface area contributed by atoms with E-state index in [0.717, 1.165) is 18.7 Å². The topological polar surface area (TPSA) is 75.1 Å². The van der Waals surface area contributed by atoms with E-state index in [1.807, 2.05) is 11.8 Å². The molecule has 6 heteroatoms. The molecule has 1 aromatic heterocycles. The molecule has 0 amide bonds. The predicted octanol–water partition coefficient (Wildman–Crippen LogP) is 1.41. The molecule has 1 heterocycles. The summed E-state index contributed by atoms with van der Waals surface area (Å²) in [5.41, 5.74) is 0.710. The average molecular weight is 255 g/mol. The molecule has 0 radical (unpaired) electrons. The fourth-order valence-electron chi connectivity index (χ4n) is 1.38. The van der Waals surface area contributed by atoms with Crippen molar-refractivity contribution in [3.63, 3.8) is 0 Å². The van der Waals surface area contributed by atoms with E-state index in [2.05, 4.69) is 21.5 Å². The van der Waals surface area contributed by atoms with Gasteiger partial charge in [0.2, 0.25) is 0 Å². The van der Waals surface area contributed by atoms with Gasteiger partial charge >= 0.3 is 5.97 Å². The first-order valence-corrected chi connectivity index (χ1v) is 6.87. The molecule has 0 aliphatic carbocycles. The van der Waals surface area contributed by atoms with Crippen molar-refractivity contribution in [3.05, 3.63) is 23.8 Å². The lowest BCUT2D eigenvalue weighted by atomic mass is 10.2. The molecule has 0 bridgehead atoms. The highest BCUT2D eigenvalue weighted by molar-refractivity contribution is 7.98. The molecule has 0 saturated heterocycles. The van der Waals surface area contributed by atoms with Crippen LogP contribution in [0.2, 0.25) is 0 Å². The summed E-state index contributed by atoms with van der Waals surface area (Å²) < 4.78 is 0. The minimum atomic E-state index is -0.982. The Bertz CT molecular complexity index is 360. The summed E-state index contributed by atoms with van der Waals surface area (Å²) in [4.78, 5) is 18.6. The molecule has 0 aliphatic rings. The molecule has 0 unspecified atom stereocenters. The second-order valence-corrected chi connectivity index (χ2v) is 4.55. The smallest absolute Gasteiger partial charge is 0.339 e. The van der Waals surface area contributed by atoms with Crippen molar-refractivity contribution in [2.75, 3.05) is 18.6 Å². The highest BCUT2D eigenvalue weighted by Gasteiger charge is 2.10. The van der Waals surface area contributed by atoms with Crippen molar-refractivity contribution in [2.24, 2.45) is 0 Å². The molecule has 17 heavy (non-hydrogen) atoms. The van der Waals surface area contributed by atoms with Gasteiger partial charge in [0, 0.05) is 12.7 Å². The van der Waals surface area contributed by atoms with E-state index in [-0.39, 0.29) is 5.56 Å². The molecule has 0 aliphatic heterocycles. The van der Waals surface area contributed by atoms with Gasteiger partial charge in [0.1, 0.15) is 11.9 Å². The zero-order valence-corrected chi connectivity index (χ0v) is 10.7. The highest BCUT2D eigenvalue weighted by Crippen LogP contribution is 2.03. The van der Waals surface area contributed by atoms with Crippen LogP contribution in [0.1, 0.15) is 28.9 Å². The van der Waals surface area contributed by atoms with E-state index in [9.17, 15) is 4.79 Å². The van der Waals surface area contributed by atoms with Gasteiger partial charge in [0.25, 0.3) is 0 Å². The summed E-state index contributed by atoms with van der Waals surface area (Å²) in [6, 6.07) is 0. The fourth-order valence-corrected chi connectivity index (χ4v) is 1.87. The van der Waals surface area contributed by atoms with Crippen molar-refractivity contribution in [1.82, 2.24) is 15.3 Å². The number of hydrogen-bond acceptors (Lipinski definition) is 5. The molecule has 0 atom stereocenters. The second kappa shape index (κ2) is 8.03. The minimum absolute atomic E-state index is 0.170. The van der Waals surface area contributed by atoms with Crippen LogP contribution in [0.4, 0.5) is 0 Å². The number of carboxylic acids is 1. The van der Waals surface area contributed by atoms with Crippen LogP contribution in [-0.4, -0.2) is 39.6 Å². The van der Waals surface area contributed by atoms with E-state index in [1.54, 1.807) is 0 Å². The van der Waals surface area contributed by atoms with Crippen molar-refractivity contribution in [2.45, 2.75) is 19.4 Å². The Morgan fingerprint density at radius 3 is 3.06 bits per heavy atom. The first-order chi connectivity index (χ1) is 8.25.